The van der Waals surface area contributed by atoms with Crippen LogP contribution >= 0.6 is 0 Å². The molecule has 3 heteroatoms. The van der Waals surface area contributed by atoms with Gasteiger partial charge in [0.05, 0.1) is 17.8 Å². The second-order valence-corrected chi connectivity index (χ2v) is 11.3. The normalized spacial score (nSPS) is 38.8. The van der Waals surface area contributed by atoms with Crippen LogP contribution in [0.2, 0.25) is 0 Å². The summed E-state index contributed by atoms with van der Waals surface area (Å²) >= 11 is 0. The summed E-state index contributed by atoms with van der Waals surface area (Å²) < 4.78 is 0. The van der Waals surface area contributed by atoms with Crippen molar-refractivity contribution in [2.45, 2.75) is 110 Å². The van der Waals surface area contributed by atoms with Crippen LogP contribution in [0.3, 0.4) is 0 Å². The molecule has 0 bridgehead atoms. The van der Waals surface area contributed by atoms with E-state index in [1.165, 1.54) is 38.5 Å². The Balaban J connectivity index is 1.70. The van der Waals surface area contributed by atoms with E-state index in [1.54, 1.807) is 5.57 Å². The molecule has 3 aliphatic rings. The molecule has 3 rings (SSSR count). The van der Waals surface area contributed by atoms with Crippen LogP contribution in [0.25, 0.3) is 0 Å². The van der Waals surface area contributed by atoms with Crippen molar-refractivity contribution in [3.05, 3.63) is 35.5 Å². The number of aliphatic hydroxyl groups is 3. The first-order chi connectivity index (χ1) is 14.0. The minimum absolute atomic E-state index is 0.374. The van der Waals surface area contributed by atoms with E-state index in [0.717, 1.165) is 29.9 Å². The predicted octanol–water partition coefficient (Wildman–Crippen LogP) is 5.70. The Hall–Kier alpha value is -0.900. The minimum atomic E-state index is -0.615. The van der Waals surface area contributed by atoms with E-state index in [2.05, 4.69) is 32.6 Å². The Morgan fingerprint density at radius 3 is 2.67 bits per heavy atom. The SMILES string of the molecule is C=C1C(=CC=C2CCCC3(C)C2CCC3C(C)CCCC(C)(C)O)CC(O)C[C@@H]1O. The Bertz CT molecular complexity index is 683. The zero-order chi connectivity index (χ0) is 22.1. The molecule has 30 heavy (non-hydrogen) atoms. The first-order valence-corrected chi connectivity index (χ1v) is 12.2. The highest BCUT2D eigenvalue weighted by atomic mass is 16.3. The lowest BCUT2D eigenvalue weighted by molar-refractivity contribution is 0.0596. The fourth-order valence-electron chi connectivity index (χ4n) is 6.74. The Labute approximate surface area is 184 Å². The summed E-state index contributed by atoms with van der Waals surface area (Å²) in [7, 11) is 0. The molecule has 3 nitrogen and oxygen atoms in total. The van der Waals surface area contributed by atoms with E-state index >= 15 is 0 Å². The van der Waals surface area contributed by atoms with Gasteiger partial charge in [-0.1, -0.05) is 51.0 Å². The van der Waals surface area contributed by atoms with Gasteiger partial charge in [0.15, 0.2) is 0 Å². The predicted molar refractivity (Wildman–Crippen MR) is 124 cm³/mol. The maximum atomic E-state index is 10.1. The van der Waals surface area contributed by atoms with Crippen molar-refractivity contribution in [2.24, 2.45) is 23.2 Å². The number of rotatable bonds is 6. The van der Waals surface area contributed by atoms with Crippen LogP contribution < -0.4 is 0 Å². The van der Waals surface area contributed by atoms with Crippen molar-refractivity contribution < 1.29 is 15.3 Å². The van der Waals surface area contributed by atoms with Crippen LogP contribution in [0, 0.1) is 23.2 Å². The van der Waals surface area contributed by atoms with Gasteiger partial charge in [-0.3, -0.25) is 0 Å². The first-order valence-electron chi connectivity index (χ1n) is 12.2. The number of fused-ring (bicyclic) bond motifs is 1. The van der Waals surface area contributed by atoms with E-state index in [9.17, 15) is 15.3 Å². The van der Waals surface area contributed by atoms with Crippen molar-refractivity contribution in [2.75, 3.05) is 0 Å². The highest BCUT2D eigenvalue weighted by molar-refractivity contribution is 5.38. The largest absolute Gasteiger partial charge is 0.393 e. The molecular weight excluding hydrogens is 372 g/mol. The zero-order valence-corrected chi connectivity index (χ0v) is 19.7. The standard InChI is InChI=1S/C27H44O3/c1-18(8-6-14-26(3,4)30)23-12-13-24-20(9-7-15-27(23,24)5)10-11-21-16-22(28)17-25(29)19(21)2/h10-11,18,22-25,28-30H,2,6-9,12-17H2,1,3-5H3/t18?,22?,23?,24?,25-,27?/m0/s1. The van der Waals surface area contributed by atoms with Crippen LogP contribution in [0.5, 0.6) is 0 Å². The van der Waals surface area contributed by atoms with E-state index in [-0.39, 0.29) is 0 Å². The molecule has 170 valence electrons. The maximum absolute atomic E-state index is 10.1. The summed E-state index contributed by atoms with van der Waals surface area (Å²) in [4.78, 5) is 0. The van der Waals surface area contributed by atoms with Crippen LogP contribution in [-0.4, -0.2) is 33.1 Å². The van der Waals surface area contributed by atoms with Gasteiger partial charge in [0.2, 0.25) is 0 Å². The van der Waals surface area contributed by atoms with Crippen molar-refractivity contribution in [1.29, 1.82) is 0 Å². The smallest absolute Gasteiger partial charge is 0.0811 e. The number of allylic oxidation sites excluding steroid dienone is 3. The monoisotopic (exact) mass is 416 g/mol. The highest BCUT2D eigenvalue weighted by Gasteiger charge is 2.50. The number of aliphatic hydroxyl groups excluding tert-OH is 2. The molecule has 3 fully saturated rings. The average molecular weight is 417 g/mol. The summed E-state index contributed by atoms with van der Waals surface area (Å²) in [5, 5.41) is 30.2. The second-order valence-electron chi connectivity index (χ2n) is 11.3. The van der Waals surface area contributed by atoms with Crippen LogP contribution in [0.15, 0.2) is 35.5 Å². The molecule has 0 aromatic heterocycles. The van der Waals surface area contributed by atoms with Crippen LogP contribution in [0.1, 0.15) is 91.9 Å². The number of hydrogen-bond acceptors (Lipinski definition) is 3. The Morgan fingerprint density at radius 1 is 1.23 bits per heavy atom. The van der Waals surface area contributed by atoms with Gasteiger partial charge in [-0.05, 0) is 93.1 Å². The van der Waals surface area contributed by atoms with Gasteiger partial charge >= 0.3 is 0 Å². The molecule has 3 aliphatic carbocycles. The molecular formula is C27H44O3. The molecule has 6 atom stereocenters. The molecule has 0 saturated heterocycles. The molecule has 0 aromatic carbocycles. The van der Waals surface area contributed by atoms with E-state index in [1.807, 2.05) is 13.8 Å². The van der Waals surface area contributed by atoms with Gasteiger partial charge < -0.3 is 15.3 Å². The molecule has 3 N–H and O–H groups in total. The van der Waals surface area contributed by atoms with Crippen molar-refractivity contribution in [1.82, 2.24) is 0 Å². The molecule has 0 radical (unpaired) electrons. The number of hydrogen-bond donors (Lipinski definition) is 3. The van der Waals surface area contributed by atoms with Gasteiger partial charge in [0.1, 0.15) is 0 Å². The molecule has 0 aliphatic heterocycles. The Morgan fingerprint density at radius 2 is 1.97 bits per heavy atom. The molecule has 3 saturated carbocycles. The Kier molecular flexibility index (Phi) is 7.37. The average Bonchev–Trinajstić information content (AvgIpc) is 3.00. The van der Waals surface area contributed by atoms with Gasteiger partial charge in [0.25, 0.3) is 0 Å². The van der Waals surface area contributed by atoms with Crippen LogP contribution in [0.4, 0.5) is 0 Å². The lowest BCUT2D eigenvalue weighted by Gasteiger charge is -2.44. The molecule has 0 amide bonds. The van der Waals surface area contributed by atoms with Gasteiger partial charge in [0, 0.05) is 6.42 Å². The van der Waals surface area contributed by atoms with Crippen molar-refractivity contribution >= 4 is 0 Å². The van der Waals surface area contributed by atoms with E-state index in [4.69, 9.17) is 0 Å². The fourth-order valence-corrected chi connectivity index (χ4v) is 6.74. The van der Waals surface area contributed by atoms with Gasteiger partial charge in [-0.2, -0.15) is 0 Å². The zero-order valence-electron chi connectivity index (χ0n) is 19.7. The van der Waals surface area contributed by atoms with Crippen molar-refractivity contribution in [3.63, 3.8) is 0 Å². The second kappa shape index (κ2) is 9.30. The van der Waals surface area contributed by atoms with Crippen molar-refractivity contribution in [3.8, 4) is 0 Å². The van der Waals surface area contributed by atoms with E-state index < -0.39 is 17.8 Å². The van der Waals surface area contributed by atoms with E-state index in [0.29, 0.717) is 30.1 Å². The molecule has 0 aromatic rings. The molecule has 0 heterocycles. The molecule has 0 spiro atoms. The summed E-state index contributed by atoms with van der Waals surface area (Å²) in [5.41, 5.74) is 3.17. The topological polar surface area (TPSA) is 60.7 Å². The van der Waals surface area contributed by atoms with Crippen LogP contribution in [-0.2, 0) is 0 Å². The quantitative estimate of drug-likeness (QED) is 0.520. The highest BCUT2D eigenvalue weighted by Crippen LogP contribution is 2.60. The third kappa shape index (κ3) is 5.29. The maximum Gasteiger partial charge on any atom is 0.0811 e. The summed E-state index contributed by atoms with van der Waals surface area (Å²) in [5.74, 6) is 2.11. The molecule has 5 unspecified atom stereocenters. The minimum Gasteiger partial charge on any atom is -0.393 e. The van der Waals surface area contributed by atoms with Gasteiger partial charge in [-0.15, -0.1) is 0 Å². The summed E-state index contributed by atoms with van der Waals surface area (Å²) in [6.07, 6.45) is 13.9. The lowest BCUT2D eigenvalue weighted by atomic mass is 9.60. The first kappa shape index (κ1) is 23.8. The fraction of sp³-hybridized carbons (Fsp3) is 0.778. The lowest BCUT2D eigenvalue weighted by Crippen LogP contribution is -2.36. The third-order valence-electron chi connectivity index (χ3n) is 8.44. The summed E-state index contributed by atoms with van der Waals surface area (Å²) in [6.45, 7) is 12.8. The summed E-state index contributed by atoms with van der Waals surface area (Å²) in [6, 6.07) is 0. The van der Waals surface area contributed by atoms with Gasteiger partial charge in [-0.25, -0.2) is 0 Å². The third-order valence-corrected chi connectivity index (χ3v) is 8.44.